The second-order valence-electron chi connectivity index (χ2n) is 7.64. The number of hydrogen-bond acceptors (Lipinski definition) is 6. The van der Waals surface area contributed by atoms with E-state index in [0.717, 1.165) is 5.56 Å². The van der Waals surface area contributed by atoms with Crippen molar-refractivity contribution in [3.05, 3.63) is 58.7 Å². The third kappa shape index (κ3) is 7.95. The van der Waals surface area contributed by atoms with Gasteiger partial charge < -0.3 is 26.1 Å². The number of sulfonamides is 1. The quantitative estimate of drug-likeness (QED) is 0.154. The highest BCUT2D eigenvalue weighted by atomic mass is 32.2. The Morgan fingerprint density at radius 2 is 1.70 bits per heavy atom. The van der Waals surface area contributed by atoms with Crippen LogP contribution in [0.5, 0.6) is 5.75 Å². The van der Waals surface area contributed by atoms with Gasteiger partial charge in [-0.2, -0.15) is 4.72 Å². The maximum Gasteiger partial charge on any atom is 0.322 e. The number of oxime groups is 1. The molecule has 0 amide bonds. The normalized spacial score (nSPS) is 12.1. The molecule has 0 spiro atoms. The van der Waals surface area contributed by atoms with Crippen molar-refractivity contribution in [2.24, 2.45) is 16.6 Å². The maximum atomic E-state index is 12.9. The molecule has 2 aromatic rings. The lowest BCUT2D eigenvalue weighted by Gasteiger charge is -2.18. The Bertz CT molecular complexity index is 1070. The van der Waals surface area contributed by atoms with Crippen molar-refractivity contribution in [1.29, 1.82) is 0 Å². The highest BCUT2D eigenvalue weighted by Gasteiger charge is 2.28. The molecule has 0 saturated heterocycles. The van der Waals surface area contributed by atoms with Crippen LogP contribution in [0.4, 0.5) is 0 Å². The first-order valence-corrected chi connectivity index (χ1v) is 11.7. The summed E-state index contributed by atoms with van der Waals surface area (Å²) in [6.07, 6.45) is 0.532. The van der Waals surface area contributed by atoms with Crippen LogP contribution in [0.25, 0.3) is 0 Å². The fraction of sp³-hybridized carbons (Fsp3) is 0.364. The van der Waals surface area contributed by atoms with Crippen molar-refractivity contribution in [2.75, 3.05) is 13.2 Å². The first-order valence-electron chi connectivity index (χ1n) is 10.2. The summed E-state index contributed by atoms with van der Waals surface area (Å²) in [5.41, 5.74) is 13.0. The summed E-state index contributed by atoms with van der Waals surface area (Å²) in [5.74, 6) is -0.835. The molecule has 0 aromatic heterocycles. The number of hydrogen-bond donors (Lipinski definition) is 4. The Morgan fingerprint density at radius 3 is 2.24 bits per heavy atom. The summed E-state index contributed by atoms with van der Waals surface area (Å²) in [6.45, 7) is 5.91. The van der Waals surface area contributed by atoms with Crippen molar-refractivity contribution in [2.45, 2.75) is 44.6 Å². The van der Waals surface area contributed by atoms with Crippen LogP contribution in [0.3, 0.4) is 0 Å². The minimum atomic E-state index is -4.03. The number of carbonyl (C=O) groups is 1. The smallest absolute Gasteiger partial charge is 0.322 e. The zero-order valence-electron chi connectivity index (χ0n) is 18.9. The summed E-state index contributed by atoms with van der Waals surface area (Å²) in [4.78, 5) is 16.7. The predicted molar refractivity (Wildman–Crippen MR) is 124 cm³/mol. The molecule has 1 atom stereocenters. The number of nitrogens with two attached hydrogens (primary N) is 2. The number of aliphatic carboxylic acids is 1. The van der Waals surface area contributed by atoms with Gasteiger partial charge >= 0.3 is 5.97 Å². The van der Waals surface area contributed by atoms with E-state index >= 15 is 0 Å². The molecule has 180 valence electrons. The molecule has 0 saturated carbocycles. The van der Waals surface area contributed by atoms with E-state index in [9.17, 15) is 18.3 Å². The van der Waals surface area contributed by atoms with Crippen LogP contribution in [-0.4, -0.2) is 44.7 Å². The SMILES string of the molecule is Cc1cc(C)c(S(=O)(=O)N[C@@H](Cc2ccc(OCCCON=C(N)N)cc2)C(=O)O)c(C)c1. The minimum Gasteiger partial charge on any atom is -0.493 e. The van der Waals surface area contributed by atoms with Crippen LogP contribution in [-0.2, 0) is 26.1 Å². The number of nitrogens with zero attached hydrogens (tertiary/aromatic N) is 1. The number of rotatable bonds is 12. The van der Waals surface area contributed by atoms with E-state index in [4.69, 9.17) is 21.0 Å². The van der Waals surface area contributed by atoms with Gasteiger partial charge in [-0.15, -0.1) is 0 Å². The van der Waals surface area contributed by atoms with Crippen LogP contribution in [0.15, 0.2) is 46.4 Å². The molecule has 10 nitrogen and oxygen atoms in total. The number of nitrogens with one attached hydrogen (secondary N) is 1. The number of aryl methyl sites for hydroxylation is 3. The van der Waals surface area contributed by atoms with Crippen LogP contribution in [0.1, 0.15) is 28.7 Å². The fourth-order valence-electron chi connectivity index (χ4n) is 3.41. The molecule has 0 aliphatic rings. The molecular weight excluding hydrogens is 448 g/mol. The molecule has 0 radical (unpaired) electrons. The number of carboxylic acid groups (broad SMARTS) is 1. The molecule has 6 N–H and O–H groups in total. The van der Waals surface area contributed by atoms with E-state index in [1.54, 1.807) is 50.2 Å². The van der Waals surface area contributed by atoms with Crippen molar-refractivity contribution in [1.82, 2.24) is 4.72 Å². The highest BCUT2D eigenvalue weighted by molar-refractivity contribution is 7.89. The van der Waals surface area contributed by atoms with Crippen molar-refractivity contribution in [3.63, 3.8) is 0 Å². The molecular formula is C22H30N4O6S. The van der Waals surface area contributed by atoms with E-state index < -0.39 is 22.0 Å². The number of guanidine groups is 1. The Labute approximate surface area is 193 Å². The van der Waals surface area contributed by atoms with Gasteiger partial charge in [0.2, 0.25) is 16.0 Å². The van der Waals surface area contributed by atoms with E-state index in [1.165, 1.54) is 0 Å². The van der Waals surface area contributed by atoms with Gasteiger partial charge in [-0.3, -0.25) is 4.79 Å². The molecule has 11 heteroatoms. The van der Waals surface area contributed by atoms with E-state index in [1.807, 2.05) is 6.92 Å². The van der Waals surface area contributed by atoms with Crippen LogP contribution in [0.2, 0.25) is 0 Å². The van der Waals surface area contributed by atoms with Gasteiger partial charge in [0.15, 0.2) is 0 Å². The first kappa shape index (κ1) is 25.9. The van der Waals surface area contributed by atoms with Crippen molar-refractivity contribution < 1.29 is 27.9 Å². The van der Waals surface area contributed by atoms with E-state index in [0.29, 0.717) is 35.5 Å². The zero-order valence-corrected chi connectivity index (χ0v) is 19.7. The summed E-state index contributed by atoms with van der Waals surface area (Å²) in [7, 11) is -4.03. The Morgan fingerprint density at radius 1 is 1.09 bits per heavy atom. The van der Waals surface area contributed by atoms with Crippen molar-refractivity contribution in [3.8, 4) is 5.75 Å². The second kappa shape index (κ2) is 11.5. The van der Waals surface area contributed by atoms with Gasteiger partial charge in [0, 0.05) is 6.42 Å². The first-order chi connectivity index (χ1) is 15.5. The lowest BCUT2D eigenvalue weighted by Crippen LogP contribution is -2.42. The largest absolute Gasteiger partial charge is 0.493 e. The predicted octanol–water partition coefficient (Wildman–Crippen LogP) is 1.56. The zero-order chi connectivity index (χ0) is 24.6. The summed E-state index contributed by atoms with van der Waals surface area (Å²) < 4.78 is 33.8. The lowest BCUT2D eigenvalue weighted by atomic mass is 10.1. The summed E-state index contributed by atoms with van der Waals surface area (Å²) in [6, 6.07) is 8.94. The highest BCUT2D eigenvalue weighted by Crippen LogP contribution is 2.22. The van der Waals surface area contributed by atoms with Gasteiger partial charge in [0.1, 0.15) is 18.4 Å². The topological polar surface area (TPSA) is 166 Å². The second-order valence-corrected chi connectivity index (χ2v) is 9.29. The van der Waals surface area contributed by atoms with Crippen LogP contribution < -0.4 is 20.9 Å². The number of ether oxygens (including phenoxy) is 1. The van der Waals surface area contributed by atoms with Gasteiger partial charge in [-0.05, 0) is 61.2 Å². The molecule has 0 fully saturated rings. The molecule has 0 aliphatic carbocycles. The number of benzene rings is 2. The molecule has 2 rings (SSSR count). The molecule has 0 bridgehead atoms. The average molecular weight is 479 g/mol. The minimum absolute atomic E-state index is 0.0227. The van der Waals surface area contributed by atoms with Crippen molar-refractivity contribution >= 4 is 22.0 Å². The van der Waals surface area contributed by atoms with Gasteiger partial charge in [-0.25, -0.2) is 8.42 Å². The van der Waals surface area contributed by atoms with Gasteiger partial charge in [-0.1, -0.05) is 29.8 Å². The van der Waals surface area contributed by atoms with Gasteiger partial charge in [0.05, 0.1) is 11.5 Å². The average Bonchev–Trinajstić information content (AvgIpc) is 2.69. The maximum absolute atomic E-state index is 12.9. The third-order valence-electron chi connectivity index (χ3n) is 4.65. The Hall–Kier alpha value is -3.31. The molecule has 0 aliphatic heterocycles. The summed E-state index contributed by atoms with van der Waals surface area (Å²) >= 11 is 0. The van der Waals surface area contributed by atoms with E-state index in [-0.39, 0.29) is 23.9 Å². The van der Waals surface area contributed by atoms with Gasteiger partial charge in [0.25, 0.3) is 0 Å². The Balaban J connectivity index is 2.01. The third-order valence-corrected chi connectivity index (χ3v) is 6.43. The summed E-state index contributed by atoms with van der Waals surface area (Å²) in [5, 5.41) is 13.0. The lowest BCUT2D eigenvalue weighted by molar-refractivity contribution is -0.138. The van der Waals surface area contributed by atoms with Crippen LogP contribution >= 0.6 is 0 Å². The monoisotopic (exact) mass is 478 g/mol. The van der Waals surface area contributed by atoms with Crippen LogP contribution in [0, 0.1) is 20.8 Å². The molecule has 0 unspecified atom stereocenters. The Kier molecular flexibility index (Phi) is 9.06. The van der Waals surface area contributed by atoms with E-state index in [2.05, 4.69) is 9.88 Å². The molecule has 33 heavy (non-hydrogen) atoms. The number of carboxylic acids is 1. The molecule has 2 aromatic carbocycles. The standard InChI is InChI=1S/C22H30N4O6S/c1-14-11-15(2)20(16(3)12-14)33(29,30)26-19(21(27)28)13-17-5-7-18(8-6-17)31-9-4-10-32-25-22(23)24/h5-8,11-12,19,26H,4,9-10,13H2,1-3H3,(H,27,28)(H4,23,24,25)/t19-/m0/s1. The fourth-order valence-corrected chi connectivity index (χ4v) is 5.05. The molecule has 0 heterocycles.